The van der Waals surface area contributed by atoms with Gasteiger partial charge in [0.1, 0.15) is 4.90 Å². The van der Waals surface area contributed by atoms with Gasteiger partial charge in [-0.05, 0) is 19.9 Å². The van der Waals surface area contributed by atoms with E-state index in [1.165, 1.54) is 6.20 Å². The number of ether oxygens (including phenoxy) is 1. The number of hydrogen-bond acceptors (Lipinski definition) is 5. The van der Waals surface area contributed by atoms with E-state index in [1.54, 1.807) is 10.9 Å². The highest BCUT2D eigenvalue weighted by molar-refractivity contribution is 7.89. The number of rotatable bonds is 11. The molecule has 0 saturated heterocycles. The van der Waals surface area contributed by atoms with Crippen LogP contribution in [0.1, 0.15) is 27.2 Å². The lowest BCUT2D eigenvalue weighted by Gasteiger charge is -2.07. The standard InChI is InChI=1S/C13H26N4O3S/c1-4-20-9-7-16-21(18,19)13-10-15-17(11-13)8-5-6-14-12(2)3/h10-12,14,16H,4-9H2,1-3H3. The van der Waals surface area contributed by atoms with Crippen LogP contribution in [0.4, 0.5) is 0 Å². The van der Waals surface area contributed by atoms with Crippen LogP contribution in [0, 0.1) is 0 Å². The van der Waals surface area contributed by atoms with Crippen molar-refractivity contribution in [2.75, 3.05) is 26.3 Å². The highest BCUT2D eigenvalue weighted by Gasteiger charge is 2.15. The van der Waals surface area contributed by atoms with Crippen LogP contribution in [0.2, 0.25) is 0 Å². The van der Waals surface area contributed by atoms with E-state index in [2.05, 4.69) is 29.0 Å². The van der Waals surface area contributed by atoms with Crippen molar-refractivity contribution in [3.63, 3.8) is 0 Å². The highest BCUT2D eigenvalue weighted by atomic mass is 32.2. The molecular weight excluding hydrogens is 292 g/mol. The van der Waals surface area contributed by atoms with Gasteiger partial charge in [-0.2, -0.15) is 5.10 Å². The molecule has 1 heterocycles. The molecule has 0 amide bonds. The Bertz CT molecular complexity index is 499. The first-order valence-corrected chi connectivity index (χ1v) is 8.77. The molecule has 0 radical (unpaired) electrons. The molecular formula is C13H26N4O3S. The van der Waals surface area contributed by atoms with Crippen LogP contribution >= 0.6 is 0 Å². The summed E-state index contributed by atoms with van der Waals surface area (Å²) in [5.74, 6) is 0. The SMILES string of the molecule is CCOCCNS(=O)(=O)c1cnn(CCCNC(C)C)c1. The number of aryl methyl sites for hydroxylation is 1. The Labute approximate surface area is 127 Å². The Morgan fingerprint density at radius 2 is 2.14 bits per heavy atom. The van der Waals surface area contributed by atoms with Crippen LogP contribution in [-0.4, -0.2) is 50.5 Å². The molecule has 1 aromatic heterocycles. The first-order chi connectivity index (χ1) is 9.95. The van der Waals surface area contributed by atoms with Crippen LogP contribution < -0.4 is 10.0 Å². The quantitative estimate of drug-likeness (QED) is 0.583. The zero-order valence-electron chi connectivity index (χ0n) is 13.0. The smallest absolute Gasteiger partial charge is 0.243 e. The van der Waals surface area contributed by atoms with Gasteiger partial charge in [-0.15, -0.1) is 0 Å². The second-order valence-corrected chi connectivity index (χ2v) is 6.76. The van der Waals surface area contributed by atoms with Gasteiger partial charge < -0.3 is 10.1 Å². The minimum atomic E-state index is -3.49. The summed E-state index contributed by atoms with van der Waals surface area (Å²) in [5.41, 5.74) is 0. The average molecular weight is 318 g/mol. The van der Waals surface area contributed by atoms with Crippen molar-refractivity contribution in [2.45, 2.75) is 44.7 Å². The lowest BCUT2D eigenvalue weighted by atomic mass is 10.3. The summed E-state index contributed by atoms with van der Waals surface area (Å²) in [6.45, 7) is 8.82. The summed E-state index contributed by atoms with van der Waals surface area (Å²) >= 11 is 0. The maximum Gasteiger partial charge on any atom is 0.243 e. The molecule has 0 aliphatic heterocycles. The number of sulfonamides is 1. The Kier molecular flexibility index (Phi) is 7.87. The van der Waals surface area contributed by atoms with Gasteiger partial charge in [0.25, 0.3) is 0 Å². The number of nitrogens with one attached hydrogen (secondary N) is 2. The molecule has 0 saturated carbocycles. The van der Waals surface area contributed by atoms with Gasteiger partial charge in [0.15, 0.2) is 0 Å². The van der Waals surface area contributed by atoms with E-state index in [1.807, 2.05) is 6.92 Å². The Hall–Kier alpha value is -0.960. The molecule has 0 aliphatic carbocycles. The van der Waals surface area contributed by atoms with Crippen LogP contribution in [-0.2, 0) is 21.3 Å². The Morgan fingerprint density at radius 1 is 1.38 bits per heavy atom. The predicted molar refractivity (Wildman–Crippen MR) is 81.7 cm³/mol. The third-order valence-electron chi connectivity index (χ3n) is 2.78. The normalized spacial score (nSPS) is 12.2. The molecule has 0 atom stereocenters. The summed E-state index contributed by atoms with van der Waals surface area (Å²) in [6, 6.07) is 0.452. The number of aromatic nitrogens is 2. The van der Waals surface area contributed by atoms with E-state index in [-0.39, 0.29) is 11.4 Å². The van der Waals surface area contributed by atoms with E-state index >= 15 is 0 Å². The van der Waals surface area contributed by atoms with Crippen molar-refractivity contribution in [3.05, 3.63) is 12.4 Å². The molecule has 0 unspecified atom stereocenters. The van der Waals surface area contributed by atoms with Gasteiger partial charge in [0.2, 0.25) is 10.0 Å². The van der Waals surface area contributed by atoms with Gasteiger partial charge in [-0.3, -0.25) is 4.68 Å². The topological polar surface area (TPSA) is 85.2 Å². The minimum absolute atomic E-state index is 0.191. The molecule has 7 nitrogen and oxygen atoms in total. The molecule has 0 aromatic carbocycles. The fraction of sp³-hybridized carbons (Fsp3) is 0.769. The van der Waals surface area contributed by atoms with E-state index in [9.17, 15) is 8.42 Å². The second-order valence-electron chi connectivity index (χ2n) is 5.00. The molecule has 0 fully saturated rings. The van der Waals surface area contributed by atoms with Gasteiger partial charge in [-0.1, -0.05) is 13.8 Å². The van der Waals surface area contributed by atoms with E-state index in [0.717, 1.165) is 13.0 Å². The Morgan fingerprint density at radius 3 is 2.81 bits per heavy atom. The van der Waals surface area contributed by atoms with Crippen molar-refractivity contribution in [1.82, 2.24) is 19.8 Å². The third-order valence-corrected chi connectivity index (χ3v) is 4.19. The monoisotopic (exact) mass is 318 g/mol. The highest BCUT2D eigenvalue weighted by Crippen LogP contribution is 2.06. The van der Waals surface area contributed by atoms with Crippen molar-refractivity contribution in [2.24, 2.45) is 0 Å². The van der Waals surface area contributed by atoms with Crippen molar-refractivity contribution in [1.29, 1.82) is 0 Å². The van der Waals surface area contributed by atoms with E-state index in [4.69, 9.17) is 4.74 Å². The molecule has 0 aliphatic rings. The fourth-order valence-electron chi connectivity index (χ4n) is 1.71. The van der Waals surface area contributed by atoms with Crippen molar-refractivity contribution in [3.8, 4) is 0 Å². The summed E-state index contributed by atoms with van der Waals surface area (Å²) in [4.78, 5) is 0.191. The average Bonchev–Trinajstić information content (AvgIpc) is 2.89. The first-order valence-electron chi connectivity index (χ1n) is 7.29. The molecule has 0 spiro atoms. The van der Waals surface area contributed by atoms with Crippen LogP contribution in [0.15, 0.2) is 17.3 Å². The zero-order chi connectivity index (χ0) is 15.7. The van der Waals surface area contributed by atoms with E-state index < -0.39 is 10.0 Å². The maximum absolute atomic E-state index is 12.0. The molecule has 21 heavy (non-hydrogen) atoms. The third kappa shape index (κ3) is 7.03. The first kappa shape index (κ1) is 18.1. The number of hydrogen-bond donors (Lipinski definition) is 2. The summed E-state index contributed by atoms with van der Waals surface area (Å²) in [6.07, 6.45) is 3.83. The molecule has 1 rings (SSSR count). The lowest BCUT2D eigenvalue weighted by molar-refractivity contribution is 0.153. The zero-order valence-corrected chi connectivity index (χ0v) is 13.8. The fourth-order valence-corrected chi connectivity index (χ4v) is 2.68. The summed E-state index contributed by atoms with van der Waals surface area (Å²) in [5, 5.41) is 7.39. The minimum Gasteiger partial charge on any atom is -0.380 e. The van der Waals surface area contributed by atoms with Gasteiger partial charge in [0, 0.05) is 31.9 Å². The van der Waals surface area contributed by atoms with E-state index in [0.29, 0.717) is 25.8 Å². The van der Waals surface area contributed by atoms with Gasteiger partial charge in [-0.25, -0.2) is 13.1 Å². The Balaban J connectivity index is 2.42. The van der Waals surface area contributed by atoms with Gasteiger partial charge in [0.05, 0.1) is 12.8 Å². The second kappa shape index (κ2) is 9.14. The predicted octanol–water partition coefficient (Wildman–Crippen LogP) is 0.586. The van der Waals surface area contributed by atoms with Crippen LogP contribution in [0.5, 0.6) is 0 Å². The lowest BCUT2D eigenvalue weighted by Crippen LogP contribution is -2.27. The van der Waals surface area contributed by atoms with Crippen LogP contribution in [0.3, 0.4) is 0 Å². The summed E-state index contributed by atoms with van der Waals surface area (Å²) in [7, 11) is -3.49. The molecule has 122 valence electrons. The summed E-state index contributed by atoms with van der Waals surface area (Å²) < 4.78 is 33.2. The molecule has 8 heteroatoms. The maximum atomic E-state index is 12.0. The molecule has 0 bridgehead atoms. The van der Waals surface area contributed by atoms with Crippen LogP contribution in [0.25, 0.3) is 0 Å². The van der Waals surface area contributed by atoms with Crippen molar-refractivity contribution >= 4 is 10.0 Å². The number of nitrogens with zero attached hydrogens (tertiary/aromatic N) is 2. The molecule has 2 N–H and O–H groups in total. The largest absolute Gasteiger partial charge is 0.380 e. The molecule has 1 aromatic rings. The van der Waals surface area contributed by atoms with Gasteiger partial charge >= 0.3 is 0 Å². The van der Waals surface area contributed by atoms with Crippen molar-refractivity contribution < 1.29 is 13.2 Å².